The highest BCUT2D eigenvalue weighted by Gasteiger charge is 2.32. The van der Waals surface area contributed by atoms with Gasteiger partial charge in [-0.05, 0) is 36.3 Å². The molecule has 12 heteroatoms. The van der Waals surface area contributed by atoms with E-state index < -0.39 is 16.7 Å². The molecule has 0 saturated heterocycles. The molecule has 0 atom stereocenters. The van der Waals surface area contributed by atoms with E-state index in [4.69, 9.17) is 17.3 Å². The first kappa shape index (κ1) is 21.3. The van der Waals surface area contributed by atoms with Crippen molar-refractivity contribution in [1.82, 2.24) is 19.5 Å². The SMILES string of the molecule is Nc1ccc(C2=CCN(c3ncn(Cc4ccc(C(F)(F)F)s4)c(=O)n3)CC2)nc1Cl. The summed E-state index contributed by atoms with van der Waals surface area (Å²) in [6.07, 6.45) is -0.493. The van der Waals surface area contributed by atoms with Crippen LogP contribution < -0.4 is 16.3 Å². The molecule has 4 heterocycles. The quantitative estimate of drug-likeness (QED) is 0.587. The minimum absolute atomic E-state index is 0.0204. The van der Waals surface area contributed by atoms with Gasteiger partial charge in [-0.3, -0.25) is 4.57 Å². The van der Waals surface area contributed by atoms with Gasteiger partial charge in [0.1, 0.15) is 11.2 Å². The van der Waals surface area contributed by atoms with Crippen LogP contribution in [0.1, 0.15) is 21.9 Å². The van der Waals surface area contributed by atoms with Crippen molar-refractivity contribution < 1.29 is 13.2 Å². The number of rotatable bonds is 4. The average molecular weight is 469 g/mol. The molecule has 3 aromatic rings. The molecule has 1 aliphatic heterocycles. The molecule has 0 saturated carbocycles. The second-order valence-corrected chi connectivity index (χ2v) is 8.36. The molecule has 162 valence electrons. The third-order valence-corrected chi connectivity index (χ3v) is 6.14. The minimum atomic E-state index is -4.40. The van der Waals surface area contributed by atoms with Gasteiger partial charge in [0.15, 0.2) is 5.15 Å². The van der Waals surface area contributed by atoms with Crippen LogP contribution in [0.4, 0.5) is 24.8 Å². The number of anilines is 2. The van der Waals surface area contributed by atoms with E-state index in [0.29, 0.717) is 41.4 Å². The van der Waals surface area contributed by atoms with Gasteiger partial charge in [-0.1, -0.05) is 17.7 Å². The van der Waals surface area contributed by atoms with Crippen LogP contribution in [0.25, 0.3) is 5.57 Å². The normalized spacial score (nSPS) is 14.6. The number of hydrogen-bond acceptors (Lipinski definition) is 7. The van der Waals surface area contributed by atoms with Crippen LogP contribution in [0.5, 0.6) is 0 Å². The van der Waals surface area contributed by atoms with Crippen molar-refractivity contribution in [3.63, 3.8) is 0 Å². The van der Waals surface area contributed by atoms with Gasteiger partial charge in [-0.25, -0.2) is 14.8 Å². The van der Waals surface area contributed by atoms with Crippen LogP contribution in [-0.4, -0.2) is 32.6 Å². The summed E-state index contributed by atoms with van der Waals surface area (Å²) < 4.78 is 39.4. The number of nitrogens with two attached hydrogens (primary N) is 1. The van der Waals surface area contributed by atoms with E-state index in [1.807, 2.05) is 11.0 Å². The molecule has 3 aromatic heterocycles. The number of halogens is 4. The summed E-state index contributed by atoms with van der Waals surface area (Å²) in [5.74, 6) is 0.266. The first-order valence-electron chi connectivity index (χ1n) is 9.16. The van der Waals surface area contributed by atoms with Gasteiger partial charge >= 0.3 is 11.9 Å². The third-order valence-electron chi connectivity index (χ3n) is 4.72. The second kappa shape index (κ2) is 8.31. The Morgan fingerprint density at radius 2 is 2.00 bits per heavy atom. The van der Waals surface area contributed by atoms with Gasteiger partial charge < -0.3 is 10.6 Å². The van der Waals surface area contributed by atoms with E-state index in [1.165, 1.54) is 17.0 Å². The zero-order valence-electron chi connectivity index (χ0n) is 15.9. The van der Waals surface area contributed by atoms with Crippen molar-refractivity contribution in [1.29, 1.82) is 0 Å². The first-order chi connectivity index (χ1) is 14.7. The van der Waals surface area contributed by atoms with E-state index in [1.54, 1.807) is 12.1 Å². The van der Waals surface area contributed by atoms with Gasteiger partial charge in [0, 0.05) is 18.0 Å². The van der Waals surface area contributed by atoms with E-state index in [0.717, 1.165) is 17.3 Å². The van der Waals surface area contributed by atoms with Crippen molar-refractivity contribution >= 4 is 40.1 Å². The first-order valence-corrected chi connectivity index (χ1v) is 10.4. The smallest absolute Gasteiger partial charge is 0.396 e. The number of hydrogen-bond donors (Lipinski definition) is 1. The number of aromatic nitrogens is 4. The number of nitrogens with zero attached hydrogens (tertiary/aromatic N) is 5. The van der Waals surface area contributed by atoms with Crippen molar-refractivity contribution in [2.75, 3.05) is 23.7 Å². The Bertz CT molecular complexity index is 1210. The maximum absolute atomic E-state index is 12.7. The number of alkyl halides is 3. The lowest BCUT2D eigenvalue weighted by Gasteiger charge is -2.26. The van der Waals surface area contributed by atoms with Gasteiger partial charge in [-0.2, -0.15) is 18.2 Å². The monoisotopic (exact) mass is 468 g/mol. The highest BCUT2D eigenvalue weighted by molar-refractivity contribution is 7.12. The predicted octanol–water partition coefficient (Wildman–Crippen LogP) is 3.69. The molecule has 4 rings (SSSR count). The van der Waals surface area contributed by atoms with Crippen LogP contribution in [0.2, 0.25) is 5.15 Å². The number of nitrogen functional groups attached to an aromatic ring is 1. The molecule has 0 bridgehead atoms. The molecule has 0 fully saturated rings. The lowest BCUT2D eigenvalue weighted by Crippen LogP contribution is -2.34. The second-order valence-electron chi connectivity index (χ2n) is 6.83. The Balaban J connectivity index is 1.46. The summed E-state index contributed by atoms with van der Waals surface area (Å²) in [5, 5.41) is 0.251. The lowest BCUT2D eigenvalue weighted by molar-refractivity contribution is -0.134. The molecule has 31 heavy (non-hydrogen) atoms. The Morgan fingerprint density at radius 3 is 2.61 bits per heavy atom. The standard InChI is InChI=1S/C19H16ClF3N6OS/c20-16-13(24)2-3-14(26-16)11-5-7-28(8-6-11)17-25-10-29(18(30)27-17)9-12-1-4-15(31-12)19(21,22)23/h1-5,10H,6-9,24H2. The highest BCUT2D eigenvalue weighted by atomic mass is 35.5. The van der Waals surface area contributed by atoms with Crippen molar-refractivity contribution in [2.45, 2.75) is 19.1 Å². The summed E-state index contributed by atoms with van der Waals surface area (Å²) in [6.45, 7) is 1.02. The molecule has 0 spiro atoms. The summed E-state index contributed by atoms with van der Waals surface area (Å²) >= 11 is 6.58. The van der Waals surface area contributed by atoms with Crippen LogP contribution >= 0.6 is 22.9 Å². The van der Waals surface area contributed by atoms with Crippen LogP contribution in [0.15, 0.2) is 41.5 Å². The van der Waals surface area contributed by atoms with Crippen LogP contribution in [0, 0.1) is 0 Å². The molecule has 0 aromatic carbocycles. The zero-order valence-corrected chi connectivity index (χ0v) is 17.5. The van der Waals surface area contributed by atoms with E-state index in [2.05, 4.69) is 15.0 Å². The van der Waals surface area contributed by atoms with E-state index in [-0.39, 0.29) is 17.6 Å². The zero-order chi connectivity index (χ0) is 22.2. The van der Waals surface area contributed by atoms with E-state index >= 15 is 0 Å². The Labute approximate surface area is 183 Å². The fourth-order valence-corrected chi connectivity index (χ4v) is 4.13. The summed E-state index contributed by atoms with van der Waals surface area (Å²) in [4.78, 5) is 26.4. The van der Waals surface area contributed by atoms with Crippen molar-refractivity contribution in [3.8, 4) is 0 Å². The molecular weight excluding hydrogens is 453 g/mol. The largest absolute Gasteiger partial charge is 0.425 e. The summed E-state index contributed by atoms with van der Waals surface area (Å²) in [7, 11) is 0. The van der Waals surface area contributed by atoms with Crippen LogP contribution in [0.3, 0.4) is 0 Å². The Hall–Kier alpha value is -2.92. The molecule has 1 aliphatic rings. The van der Waals surface area contributed by atoms with Crippen molar-refractivity contribution in [3.05, 3.63) is 67.8 Å². The number of thiophene rings is 1. The van der Waals surface area contributed by atoms with Gasteiger partial charge in [0.25, 0.3) is 0 Å². The molecule has 0 amide bonds. The molecule has 7 nitrogen and oxygen atoms in total. The molecule has 0 unspecified atom stereocenters. The lowest BCUT2D eigenvalue weighted by atomic mass is 10.0. The fourth-order valence-electron chi connectivity index (χ4n) is 3.10. The minimum Gasteiger partial charge on any atom is -0.396 e. The average Bonchev–Trinajstić information content (AvgIpc) is 3.21. The third kappa shape index (κ3) is 4.72. The van der Waals surface area contributed by atoms with Gasteiger partial charge in [0.05, 0.1) is 17.9 Å². The molecular formula is C19H16ClF3N6OS. The Kier molecular flexibility index (Phi) is 5.71. The molecule has 2 N–H and O–H groups in total. The molecule has 0 radical (unpaired) electrons. The maximum Gasteiger partial charge on any atom is 0.425 e. The highest BCUT2D eigenvalue weighted by Crippen LogP contribution is 2.34. The fraction of sp³-hybridized carbons (Fsp3) is 0.263. The van der Waals surface area contributed by atoms with Gasteiger partial charge in [-0.15, -0.1) is 11.3 Å². The predicted molar refractivity (Wildman–Crippen MR) is 113 cm³/mol. The van der Waals surface area contributed by atoms with Crippen LogP contribution in [-0.2, 0) is 12.7 Å². The van der Waals surface area contributed by atoms with Crippen molar-refractivity contribution in [2.24, 2.45) is 0 Å². The Morgan fingerprint density at radius 1 is 1.19 bits per heavy atom. The van der Waals surface area contributed by atoms with E-state index in [9.17, 15) is 18.0 Å². The van der Waals surface area contributed by atoms with Gasteiger partial charge in [0.2, 0.25) is 5.95 Å². The number of pyridine rings is 1. The summed E-state index contributed by atoms with van der Waals surface area (Å²) in [5.41, 5.74) is 7.27. The topological polar surface area (TPSA) is 89.9 Å². The maximum atomic E-state index is 12.7. The summed E-state index contributed by atoms with van der Waals surface area (Å²) in [6, 6.07) is 5.85. The molecule has 0 aliphatic carbocycles.